The Morgan fingerprint density at radius 1 is 1.00 bits per heavy atom. The van der Waals surface area contributed by atoms with E-state index in [9.17, 15) is 9.59 Å². The number of carbonyl (C=O) groups excluding carboxylic acids is 2. The Hall–Kier alpha value is -2.73. The van der Waals surface area contributed by atoms with Crippen LogP contribution in [0.1, 0.15) is 18.4 Å². The van der Waals surface area contributed by atoms with Crippen LogP contribution in [0, 0.1) is 12.3 Å². The van der Waals surface area contributed by atoms with Crippen LogP contribution in [0.15, 0.2) is 36.4 Å². The summed E-state index contributed by atoms with van der Waals surface area (Å²) in [5.74, 6) is 0.103. The van der Waals surface area contributed by atoms with Gasteiger partial charge in [-0.3, -0.25) is 9.59 Å². The van der Waals surface area contributed by atoms with Crippen LogP contribution in [0.3, 0.4) is 0 Å². The lowest BCUT2D eigenvalue weighted by Crippen LogP contribution is -2.35. The van der Waals surface area contributed by atoms with Crippen LogP contribution < -0.4 is 20.1 Å². The van der Waals surface area contributed by atoms with Gasteiger partial charge in [0, 0.05) is 17.8 Å². The molecule has 0 heterocycles. The van der Waals surface area contributed by atoms with E-state index in [1.807, 2.05) is 25.1 Å². The van der Waals surface area contributed by atoms with Gasteiger partial charge in [-0.15, -0.1) is 0 Å². The molecule has 7 heteroatoms. The van der Waals surface area contributed by atoms with Crippen LogP contribution in [0.4, 0.5) is 11.4 Å². The molecule has 2 aromatic carbocycles. The second kappa shape index (κ2) is 7.48. The van der Waals surface area contributed by atoms with Gasteiger partial charge < -0.3 is 20.1 Å². The molecule has 0 unspecified atom stereocenters. The SMILES string of the molecule is COc1cc(NC(=O)C2(C(=O)Nc3cccc(C)c3)CC2)c(OC)cc1Cl. The Morgan fingerprint density at radius 2 is 1.67 bits per heavy atom. The summed E-state index contributed by atoms with van der Waals surface area (Å²) in [4.78, 5) is 25.6. The molecule has 6 nitrogen and oxygen atoms in total. The van der Waals surface area contributed by atoms with Gasteiger partial charge in [0.15, 0.2) is 0 Å². The van der Waals surface area contributed by atoms with Gasteiger partial charge in [-0.1, -0.05) is 23.7 Å². The molecule has 0 bridgehead atoms. The molecule has 0 radical (unpaired) electrons. The van der Waals surface area contributed by atoms with Crippen LogP contribution >= 0.6 is 11.6 Å². The standard InChI is InChI=1S/C20H21ClN2O4/c1-12-5-4-6-13(9-12)22-18(24)20(7-8-20)19(25)23-15-11-16(26-2)14(21)10-17(15)27-3/h4-6,9-11H,7-8H2,1-3H3,(H,22,24)(H,23,25). The van der Waals surface area contributed by atoms with Gasteiger partial charge in [-0.05, 0) is 37.5 Å². The molecular formula is C20H21ClN2O4. The molecule has 2 N–H and O–H groups in total. The fourth-order valence-corrected chi connectivity index (χ4v) is 3.09. The number of carbonyl (C=O) groups is 2. The summed E-state index contributed by atoms with van der Waals surface area (Å²) >= 11 is 6.09. The number of methoxy groups -OCH3 is 2. The largest absolute Gasteiger partial charge is 0.495 e. The quantitative estimate of drug-likeness (QED) is 0.732. The molecule has 1 fully saturated rings. The highest BCUT2D eigenvalue weighted by molar-refractivity contribution is 6.32. The molecule has 0 spiro atoms. The van der Waals surface area contributed by atoms with E-state index >= 15 is 0 Å². The Balaban J connectivity index is 1.78. The number of nitrogens with one attached hydrogen (secondary N) is 2. The summed E-state index contributed by atoms with van der Waals surface area (Å²) in [6.07, 6.45) is 0.979. The number of halogens is 1. The number of ether oxygens (including phenoxy) is 2. The first kappa shape index (κ1) is 19.0. The first-order chi connectivity index (χ1) is 12.9. The summed E-state index contributed by atoms with van der Waals surface area (Å²) in [5, 5.41) is 5.98. The maximum Gasteiger partial charge on any atom is 0.240 e. The second-order valence-corrected chi connectivity index (χ2v) is 6.95. The number of benzene rings is 2. The molecule has 3 rings (SSSR count). The smallest absolute Gasteiger partial charge is 0.240 e. The molecule has 2 aromatic rings. The lowest BCUT2D eigenvalue weighted by Gasteiger charge is -2.18. The predicted molar refractivity (Wildman–Crippen MR) is 105 cm³/mol. The topological polar surface area (TPSA) is 76.7 Å². The van der Waals surface area contributed by atoms with E-state index < -0.39 is 5.41 Å². The third kappa shape index (κ3) is 3.85. The van der Waals surface area contributed by atoms with Crippen LogP contribution in [-0.2, 0) is 9.59 Å². The van der Waals surface area contributed by atoms with Crippen LogP contribution in [0.2, 0.25) is 5.02 Å². The molecule has 2 amide bonds. The van der Waals surface area contributed by atoms with Gasteiger partial charge in [0.1, 0.15) is 16.9 Å². The number of hydrogen-bond donors (Lipinski definition) is 2. The Labute approximate surface area is 162 Å². The molecule has 0 atom stereocenters. The Morgan fingerprint density at radius 3 is 2.26 bits per heavy atom. The molecule has 0 aromatic heterocycles. The maximum absolute atomic E-state index is 12.8. The van der Waals surface area contributed by atoms with Gasteiger partial charge in [0.2, 0.25) is 11.8 Å². The van der Waals surface area contributed by atoms with Crippen molar-refractivity contribution in [2.45, 2.75) is 19.8 Å². The second-order valence-electron chi connectivity index (χ2n) is 6.55. The lowest BCUT2D eigenvalue weighted by molar-refractivity contribution is -0.131. The summed E-state index contributed by atoms with van der Waals surface area (Å²) in [6, 6.07) is 10.6. The third-order valence-corrected chi connectivity index (χ3v) is 4.91. The molecule has 0 aliphatic heterocycles. The minimum absolute atomic E-state index is 0.314. The molecule has 0 saturated heterocycles. The zero-order valence-corrected chi connectivity index (χ0v) is 16.1. The number of rotatable bonds is 6. The Kier molecular flexibility index (Phi) is 5.28. The average molecular weight is 389 g/mol. The van der Waals surface area contributed by atoms with E-state index in [1.165, 1.54) is 14.2 Å². The molecule has 27 heavy (non-hydrogen) atoms. The fraction of sp³-hybridized carbons (Fsp3) is 0.300. The van der Waals surface area contributed by atoms with Crippen molar-refractivity contribution in [1.29, 1.82) is 0 Å². The fourth-order valence-electron chi connectivity index (χ4n) is 2.86. The van der Waals surface area contributed by atoms with Crippen molar-refractivity contribution in [2.75, 3.05) is 24.9 Å². The normalized spacial score (nSPS) is 14.2. The highest BCUT2D eigenvalue weighted by atomic mass is 35.5. The van der Waals surface area contributed by atoms with E-state index in [4.69, 9.17) is 21.1 Å². The number of aryl methyl sites for hydroxylation is 1. The number of amides is 2. The number of hydrogen-bond acceptors (Lipinski definition) is 4. The molecule has 1 aliphatic rings. The summed E-state index contributed by atoms with van der Waals surface area (Å²) < 4.78 is 10.5. The van der Waals surface area contributed by atoms with Crippen molar-refractivity contribution in [3.05, 3.63) is 47.0 Å². The van der Waals surface area contributed by atoms with Gasteiger partial charge in [-0.2, -0.15) is 0 Å². The van der Waals surface area contributed by atoms with E-state index in [1.54, 1.807) is 18.2 Å². The van der Waals surface area contributed by atoms with Crippen molar-refractivity contribution in [2.24, 2.45) is 5.41 Å². The van der Waals surface area contributed by atoms with Gasteiger partial charge in [-0.25, -0.2) is 0 Å². The summed E-state index contributed by atoms with van der Waals surface area (Å²) in [6.45, 7) is 1.94. The first-order valence-corrected chi connectivity index (χ1v) is 8.88. The van der Waals surface area contributed by atoms with Crippen molar-refractivity contribution in [3.63, 3.8) is 0 Å². The summed E-state index contributed by atoms with van der Waals surface area (Å²) in [7, 11) is 2.96. The maximum atomic E-state index is 12.8. The van der Waals surface area contributed by atoms with Crippen molar-refractivity contribution in [3.8, 4) is 11.5 Å². The minimum atomic E-state index is -1.08. The van der Waals surface area contributed by atoms with Crippen LogP contribution in [-0.4, -0.2) is 26.0 Å². The zero-order valence-electron chi connectivity index (χ0n) is 15.4. The molecule has 1 aliphatic carbocycles. The lowest BCUT2D eigenvalue weighted by atomic mass is 10.0. The van der Waals surface area contributed by atoms with Crippen LogP contribution in [0.5, 0.6) is 11.5 Å². The number of anilines is 2. The molecule has 1 saturated carbocycles. The van der Waals surface area contributed by atoms with E-state index in [2.05, 4.69) is 10.6 Å². The Bertz CT molecular complexity index is 894. The third-order valence-electron chi connectivity index (χ3n) is 4.62. The zero-order chi connectivity index (χ0) is 19.6. The van der Waals surface area contributed by atoms with E-state index in [0.29, 0.717) is 40.7 Å². The van der Waals surface area contributed by atoms with Crippen molar-refractivity contribution < 1.29 is 19.1 Å². The van der Waals surface area contributed by atoms with Crippen molar-refractivity contribution in [1.82, 2.24) is 0 Å². The first-order valence-electron chi connectivity index (χ1n) is 8.51. The monoisotopic (exact) mass is 388 g/mol. The molecular weight excluding hydrogens is 368 g/mol. The summed E-state index contributed by atoms with van der Waals surface area (Å²) in [5.41, 5.74) is 1.02. The molecule has 142 valence electrons. The highest BCUT2D eigenvalue weighted by Crippen LogP contribution is 2.48. The van der Waals surface area contributed by atoms with Gasteiger partial charge in [0.25, 0.3) is 0 Å². The highest BCUT2D eigenvalue weighted by Gasteiger charge is 2.56. The van der Waals surface area contributed by atoms with Crippen LogP contribution in [0.25, 0.3) is 0 Å². The van der Waals surface area contributed by atoms with E-state index in [0.717, 1.165) is 5.56 Å². The van der Waals surface area contributed by atoms with Gasteiger partial charge in [0.05, 0.1) is 24.9 Å². The van der Waals surface area contributed by atoms with Gasteiger partial charge >= 0.3 is 0 Å². The minimum Gasteiger partial charge on any atom is -0.495 e. The van der Waals surface area contributed by atoms with Crippen molar-refractivity contribution >= 4 is 34.8 Å². The predicted octanol–water partition coefficient (Wildman–Crippen LogP) is 4.02. The van der Waals surface area contributed by atoms with E-state index in [-0.39, 0.29) is 11.8 Å². The average Bonchev–Trinajstić information content (AvgIpc) is 3.45.